The maximum atomic E-state index is 11.2. The molecule has 0 aliphatic rings. The van der Waals surface area contributed by atoms with Crippen LogP contribution in [0.5, 0.6) is 0 Å². The van der Waals surface area contributed by atoms with Gasteiger partial charge in [-0.1, -0.05) is 0 Å². The Labute approximate surface area is 121 Å². The highest BCUT2D eigenvalue weighted by molar-refractivity contribution is 7.79. The van der Waals surface area contributed by atoms with E-state index in [1.165, 1.54) is 0 Å². The van der Waals surface area contributed by atoms with Crippen LogP contribution in [0.2, 0.25) is 0 Å². The van der Waals surface area contributed by atoms with E-state index < -0.39 is 36.3 Å². The number of carbonyl (C=O) groups excluding carboxylic acids is 2. The van der Waals surface area contributed by atoms with Crippen molar-refractivity contribution in [2.75, 3.05) is 19.3 Å². The first kappa shape index (κ1) is 20.5. The number of nitrogens with one attached hydrogen (secondary N) is 2. The summed E-state index contributed by atoms with van der Waals surface area (Å²) >= 11 is 3.53. The summed E-state index contributed by atoms with van der Waals surface area (Å²) in [6, 6.07) is -1.13. The molecule has 0 spiro atoms. The highest BCUT2D eigenvalue weighted by atomic mass is 32.1. The molecule has 0 radical (unpaired) electrons. The van der Waals surface area contributed by atoms with Crippen molar-refractivity contribution in [3.63, 3.8) is 0 Å². The average Bonchev–Trinajstić information content (AvgIpc) is 2.42. The van der Waals surface area contributed by atoms with Crippen LogP contribution < -0.4 is 16.4 Å². The Kier molecular flexibility index (Phi) is 12.5. The second kappa shape index (κ2) is 12.2. The van der Waals surface area contributed by atoms with E-state index in [0.717, 1.165) is 0 Å². The van der Waals surface area contributed by atoms with Gasteiger partial charge in [0.2, 0.25) is 11.8 Å². The van der Waals surface area contributed by atoms with Crippen LogP contribution in [0, 0.1) is 0 Å². The lowest BCUT2D eigenvalue weighted by molar-refractivity contribution is -0.139. The topological polar surface area (TPSA) is 159 Å². The summed E-state index contributed by atoms with van der Waals surface area (Å²) in [6.07, 6.45) is 1.53. The lowest BCUT2D eigenvalue weighted by Gasteiger charge is -2.07. The molecule has 10 heteroatoms. The van der Waals surface area contributed by atoms with Gasteiger partial charge in [0.15, 0.2) is 0 Å². The lowest BCUT2D eigenvalue weighted by atomic mass is 10.1. The van der Waals surface area contributed by atoms with Gasteiger partial charge in [0.05, 0.1) is 6.54 Å². The molecule has 0 aliphatic carbocycles. The summed E-state index contributed by atoms with van der Waals surface area (Å²) < 4.78 is 0. The van der Waals surface area contributed by atoms with Crippen LogP contribution in [0.4, 0.5) is 0 Å². The van der Waals surface area contributed by atoms with E-state index in [0.29, 0.717) is 0 Å². The molecule has 20 heavy (non-hydrogen) atoms. The third kappa shape index (κ3) is 12.6. The maximum Gasteiger partial charge on any atom is 0.322 e. The standard InChI is InChI=1S/C9H15N3O6.CH4S/c10-5(9(17)18)1-2-6(13)11-3-7(14)12-4-8(15)16;1-2/h5H,1-4,10H2,(H,11,13)(H,12,14)(H,15,16)(H,17,18);2H,1H3. The van der Waals surface area contributed by atoms with Gasteiger partial charge < -0.3 is 26.6 Å². The lowest BCUT2D eigenvalue weighted by Crippen LogP contribution is -2.39. The minimum atomic E-state index is -1.21. The summed E-state index contributed by atoms with van der Waals surface area (Å²) in [6.45, 7) is -0.896. The summed E-state index contributed by atoms with van der Waals surface area (Å²) in [5.41, 5.74) is 5.18. The summed E-state index contributed by atoms with van der Waals surface area (Å²) in [7, 11) is 0. The Morgan fingerprint density at radius 3 is 2.00 bits per heavy atom. The number of hydrogen-bond acceptors (Lipinski definition) is 6. The highest BCUT2D eigenvalue weighted by Gasteiger charge is 2.13. The molecule has 0 aromatic heterocycles. The summed E-state index contributed by atoms with van der Waals surface area (Å²) in [5.74, 6) is -3.57. The molecule has 0 fully saturated rings. The predicted molar refractivity (Wildman–Crippen MR) is 73.4 cm³/mol. The largest absolute Gasteiger partial charge is 0.480 e. The van der Waals surface area contributed by atoms with Gasteiger partial charge in [-0.15, -0.1) is 0 Å². The molecule has 116 valence electrons. The molecule has 0 saturated carbocycles. The van der Waals surface area contributed by atoms with Crippen LogP contribution in [0.3, 0.4) is 0 Å². The van der Waals surface area contributed by atoms with Crippen LogP contribution in [0.15, 0.2) is 0 Å². The second-order valence-corrected chi connectivity index (χ2v) is 3.43. The second-order valence-electron chi connectivity index (χ2n) is 3.43. The normalized spacial score (nSPS) is 10.6. The summed E-state index contributed by atoms with van der Waals surface area (Å²) in [4.78, 5) is 42.6. The Balaban J connectivity index is 0. The van der Waals surface area contributed by atoms with Crippen molar-refractivity contribution >= 4 is 36.4 Å². The number of aliphatic carboxylic acids is 2. The van der Waals surface area contributed by atoms with Crippen LogP contribution in [-0.4, -0.2) is 59.4 Å². The average molecular weight is 309 g/mol. The molecule has 9 nitrogen and oxygen atoms in total. The van der Waals surface area contributed by atoms with Crippen molar-refractivity contribution in [3.8, 4) is 0 Å². The first-order valence-corrected chi connectivity index (χ1v) is 6.40. The number of thiol groups is 1. The van der Waals surface area contributed by atoms with Gasteiger partial charge in [-0.2, -0.15) is 12.6 Å². The zero-order valence-electron chi connectivity index (χ0n) is 11.0. The van der Waals surface area contributed by atoms with Crippen LogP contribution in [-0.2, 0) is 19.2 Å². The molecule has 0 heterocycles. The van der Waals surface area contributed by atoms with Gasteiger partial charge in [0.25, 0.3) is 0 Å². The van der Waals surface area contributed by atoms with Crippen LogP contribution in [0.1, 0.15) is 12.8 Å². The zero-order chi connectivity index (χ0) is 16.1. The number of amides is 2. The van der Waals surface area contributed by atoms with Crippen LogP contribution >= 0.6 is 12.6 Å². The number of carboxylic acids is 2. The van der Waals surface area contributed by atoms with Gasteiger partial charge in [-0.05, 0) is 12.7 Å². The van der Waals surface area contributed by atoms with Crippen molar-refractivity contribution in [2.45, 2.75) is 18.9 Å². The maximum absolute atomic E-state index is 11.2. The molecule has 1 atom stereocenters. The SMILES string of the molecule is CS.NC(CCC(=O)NCC(=O)NCC(=O)O)C(=O)O. The van der Waals surface area contributed by atoms with Crippen molar-refractivity contribution in [3.05, 3.63) is 0 Å². The van der Waals surface area contributed by atoms with Gasteiger partial charge in [-0.25, -0.2) is 0 Å². The first-order valence-electron chi connectivity index (χ1n) is 5.51. The van der Waals surface area contributed by atoms with E-state index in [1.807, 2.05) is 5.32 Å². The zero-order valence-corrected chi connectivity index (χ0v) is 11.9. The highest BCUT2D eigenvalue weighted by Crippen LogP contribution is 1.94. The van der Waals surface area contributed by atoms with Crippen molar-refractivity contribution in [1.29, 1.82) is 0 Å². The number of carbonyl (C=O) groups is 4. The fraction of sp³-hybridized carbons (Fsp3) is 0.600. The third-order valence-electron chi connectivity index (χ3n) is 1.88. The first-order chi connectivity index (χ1) is 9.32. The molecule has 0 aromatic rings. The Morgan fingerprint density at radius 2 is 1.55 bits per heavy atom. The monoisotopic (exact) mass is 309 g/mol. The fourth-order valence-electron chi connectivity index (χ4n) is 0.914. The van der Waals surface area contributed by atoms with E-state index in [1.54, 1.807) is 6.26 Å². The Hall–Kier alpha value is -1.81. The fourth-order valence-corrected chi connectivity index (χ4v) is 0.914. The minimum absolute atomic E-state index is 0.0437. The van der Waals surface area contributed by atoms with Crippen LogP contribution in [0.25, 0.3) is 0 Å². The molecular weight excluding hydrogens is 290 g/mol. The molecule has 0 saturated heterocycles. The molecule has 2 amide bonds. The molecular formula is C10H19N3O6S. The minimum Gasteiger partial charge on any atom is -0.480 e. The van der Waals surface area contributed by atoms with Gasteiger partial charge in [0, 0.05) is 6.42 Å². The number of rotatable bonds is 8. The van der Waals surface area contributed by atoms with E-state index >= 15 is 0 Å². The number of hydrogen-bond donors (Lipinski definition) is 6. The smallest absolute Gasteiger partial charge is 0.322 e. The third-order valence-corrected chi connectivity index (χ3v) is 1.88. The van der Waals surface area contributed by atoms with Gasteiger partial charge in [0.1, 0.15) is 12.6 Å². The van der Waals surface area contributed by atoms with Crippen molar-refractivity contribution in [2.24, 2.45) is 5.73 Å². The molecule has 0 aliphatic heterocycles. The van der Waals surface area contributed by atoms with E-state index in [2.05, 4.69) is 17.9 Å². The van der Waals surface area contributed by atoms with Crippen molar-refractivity contribution < 1.29 is 29.4 Å². The van der Waals surface area contributed by atoms with E-state index in [9.17, 15) is 19.2 Å². The molecule has 0 bridgehead atoms. The quantitative estimate of drug-likeness (QED) is 0.284. The Bertz CT molecular complexity index is 350. The summed E-state index contributed by atoms with van der Waals surface area (Å²) in [5, 5.41) is 21.0. The Morgan fingerprint density at radius 1 is 1.05 bits per heavy atom. The predicted octanol–water partition coefficient (Wildman–Crippen LogP) is -1.96. The molecule has 0 rings (SSSR count). The number of nitrogens with two attached hydrogens (primary N) is 1. The molecule has 1 unspecified atom stereocenters. The number of carboxylic acid groups (broad SMARTS) is 2. The van der Waals surface area contributed by atoms with E-state index in [-0.39, 0.29) is 19.4 Å². The molecule has 0 aromatic carbocycles. The van der Waals surface area contributed by atoms with Gasteiger partial charge in [-0.3, -0.25) is 19.2 Å². The van der Waals surface area contributed by atoms with Gasteiger partial charge >= 0.3 is 11.9 Å². The van der Waals surface area contributed by atoms with E-state index in [4.69, 9.17) is 15.9 Å². The van der Waals surface area contributed by atoms with Crippen molar-refractivity contribution in [1.82, 2.24) is 10.6 Å². The molecule has 6 N–H and O–H groups in total.